The van der Waals surface area contributed by atoms with Crippen molar-refractivity contribution < 1.29 is 18.0 Å². The Bertz CT molecular complexity index is 438. The number of nitrogens with zero attached hydrogens (tertiary/aromatic N) is 1. The number of H-pyrrole nitrogens is 1. The molecule has 94 valence electrons. The number of aromatic amines is 1. The molecule has 0 radical (unpaired) electrons. The normalized spacial score (nSPS) is 19.9. The van der Waals surface area contributed by atoms with Crippen molar-refractivity contribution in [1.82, 2.24) is 15.5 Å². The number of carbonyl (C=O) groups is 1. The molecule has 1 aliphatic carbocycles. The van der Waals surface area contributed by atoms with Gasteiger partial charge >= 0.3 is 6.18 Å². The first-order valence-corrected chi connectivity index (χ1v) is 5.28. The summed E-state index contributed by atoms with van der Waals surface area (Å²) in [5.41, 5.74) is -0.149. The van der Waals surface area contributed by atoms with E-state index in [0.29, 0.717) is 18.5 Å². The third kappa shape index (κ3) is 2.42. The van der Waals surface area contributed by atoms with Gasteiger partial charge in [0.25, 0.3) is 0 Å². The maximum Gasteiger partial charge on any atom is 0.435 e. The molecule has 0 saturated carbocycles. The number of hydrogen-bond donors (Lipinski definition) is 2. The largest absolute Gasteiger partial charge is 0.435 e. The molecule has 0 fully saturated rings. The minimum Gasteiger partial charge on any atom is -0.353 e. The standard InChI is InChI=1S/C10H12F3N3O/c1-5(17)14-6-2-3-8-7(4-6)9(16-15-8)10(11,12)13/h6H,2-4H2,1H3,(H,14,17)(H,15,16). The van der Waals surface area contributed by atoms with Gasteiger partial charge in [0.15, 0.2) is 5.69 Å². The van der Waals surface area contributed by atoms with Gasteiger partial charge in [-0.1, -0.05) is 0 Å². The number of amides is 1. The zero-order chi connectivity index (χ0) is 12.6. The summed E-state index contributed by atoms with van der Waals surface area (Å²) < 4.78 is 37.9. The van der Waals surface area contributed by atoms with Gasteiger partial charge in [0.1, 0.15) is 0 Å². The van der Waals surface area contributed by atoms with Crippen LogP contribution in [0.3, 0.4) is 0 Å². The average molecular weight is 247 g/mol. The molecule has 0 spiro atoms. The summed E-state index contributed by atoms with van der Waals surface area (Å²) in [7, 11) is 0. The Morgan fingerprint density at radius 3 is 2.82 bits per heavy atom. The lowest BCUT2D eigenvalue weighted by atomic mass is 9.91. The molecule has 0 aliphatic heterocycles. The van der Waals surface area contributed by atoms with E-state index in [0.717, 1.165) is 0 Å². The van der Waals surface area contributed by atoms with Gasteiger partial charge in [-0.15, -0.1) is 0 Å². The molecule has 2 rings (SSSR count). The van der Waals surface area contributed by atoms with E-state index in [1.807, 2.05) is 0 Å². The van der Waals surface area contributed by atoms with Crippen molar-refractivity contribution in [1.29, 1.82) is 0 Å². The fraction of sp³-hybridized carbons (Fsp3) is 0.600. The molecule has 4 nitrogen and oxygen atoms in total. The van der Waals surface area contributed by atoms with E-state index < -0.39 is 11.9 Å². The van der Waals surface area contributed by atoms with Crippen LogP contribution in [-0.2, 0) is 23.8 Å². The van der Waals surface area contributed by atoms with Gasteiger partial charge in [-0.05, 0) is 19.3 Å². The molecule has 1 heterocycles. The molecular formula is C10H12F3N3O. The summed E-state index contributed by atoms with van der Waals surface area (Å²) in [5, 5.41) is 8.39. The highest BCUT2D eigenvalue weighted by Gasteiger charge is 2.39. The predicted molar refractivity (Wildman–Crippen MR) is 53.2 cm³/mol. The average Bonchev–Trinajstić information content (AvgIpc) is 2.58. The number of nitrogens with one attached hydrogen (secondary N) is 2. The molecule has 0 saturated heterocycles. The van der Waals surface area contributed by atoms with Crippen molar-refractivity contribution in [3.8, 4) is 0 Å². The number of rotatable bonds is 1. The number of alkyl halides is 3. The van der Waals surface area contributed by atoms with E-state index in [2.05, 4.69) is 15.5 Å². The second-order valence-corrected chi connectivity index (χ2v) is 4.17. The van der Waals surface area contributed by atoms with Crippen LogP contribution in [0.15, 0.2) is 0 Å². The van der Waals surface area contributed by atoms with E-state index in [-0.39, 0.29) is 23.9 Å². The first-order valence-electron chi connectivity index (χ1n) is 5.28. The number of halogens is 3. The third-order valence-electron chi connectivity index (χ3n) is 2.82. The van der Waals surface area contributed by atoms with E-state index in [9.17, 15) is 18.0 Å². The Balaban J connectivity index is 2.23. The van der Waals surface area contributed by atoms with Crippen molar-refractivity contribution in [3.05, 3.63) is 17.0 Å². The summed E-state index contributed by atoms with van der Waals surface area (Å²) in [6.07, 6.45) is -3.15. The minimum atomic E-state index is -4.44. The molecule has 2 N–H and O–H groups in total. The molecule has 1 aromatic rings. The number of carbonyl (C=O) groups excluding carboxylic acids is 1. The van der Waals surface area contributed by atoms with Crippen molar-refractivity contribution in [2.24, 2.45) is 0 Å². The van der Waals surface area contributed by atoms with Crippen LogP contribution in [0.5, 0.6) is 0 Å². The van der Waals surface area contributed by atoms with Crippen LogP contribution in [0, 0.1) is 0 Å². The van der Waals surface area contributed by atoms with Crippen LogP contribution < -0.4 is 5.32 Å². The van der Waals surface area contributed by atoms with Crippen molar-refractivity contribution in [2.45, 2.75) is 38.4 Å². The van der Waals surface area contributed by atoms with Crippen LogP contribution in [0.2, 0.25) is 0 Å². The Morgan fingerprint density at radius 2 is 2.24 bits per heavy atom. The molecule has 1 atom stereocenters. The monoisotopic (exact) mass is 247 g/mol. The smallest absolute Gasteiger partial charge is 0.353 e. The van der Waals surface area contributed by atoms with E-state index in [1.165, 1.54) is 6.92 Å². The molecular weight excluding hydrogens is 235 g/mol. The zero-order valence-corrected chi connectivity index (χ0v) is 9.19. The summed E-state index contributed by atoms with van der Waals surface area (Å²) in [5.74, 6) is -0.226. The van der Waals surface area contributed by atoms with Crippen LogP contribution in [0.1, 0.15) is 30.3 Å². The van der Waals surface area contributed by atoms with Gasteiger partial charge in [-0.2, -0.15) is 18.3 Å². The minimum absolute atomic E-state index is 0.181. The topological polar surface area (TPSA) is 57.8 Å². The molecule has 7 heteroatoms. The lowest BCUT2D eigenvalue weighted by molar-refractivity contribution is -0.141. The molecule has 1 amide bonds. The molecule has 0 bridgehead atoms. The number of aryl methyl sites for hydroxylation is 1. The molecule has 1 aromatic heterocycles. The van der Waals surface area contributed by atoms with Crippen LogP contribution in [-0.4, -0.2) is 22.1 Å². The predicted octanol–water partition coefficient (Wildman–Crippen LogP) is 1.42. The van der Waals surface area contributed by atoms with E-state index in [1.54, 1.807) is 0 Å². The first-order chi connectivity index (χ1) is 7.88. The highest BCUT2D eigenvalue weighted by molar-refractivity contribution is 5.73. The Kier molecular flexibility index (Phi) is 2.84. The van der Waals surface area contributed by atoms with Gasteiger partial charge in [-0.3, -0.25) is 9.89 Å². The number of hydrogen-bond acceptors (Lipinski definition) is 2. The lowest BCUT2D eigenvalue weighted by Gasteiger charge is -2.23. The number of fused-ring (bicyclic) bond motifs is 1. The van der Waals surface area contributed by atoms with Gasteiger partial charge in [0.2, 0.25) is 5.91 Å². The summed E-state index contributed by atoms with van der Waals surface area (Å²) in [4.78, 5) is 10.9. The highest BCUT2D eigenvalue weighted by Crippen LogP contribution is 2.34. The van der Waals surface area contributed by atoms with Gasteiger partial charge in [0.05, 0.1) is 0 Å². The summed E-state index contributed by atoms with van der Waals surface area (Å²) in [6.45, 7) is 1.36. The van der Waals surface area contributed by atoms with Gasteiger partial charge in [-0.25, -0.2) is 0 Å². The van der Waals surface area contributed by atoms with E-state index in [4.69, 9.17) is 0 Å². The van der Waals surface area contributed by atoms with Crippen molar-refractivity contribution in [3.63, 3.8) is 0 Å². The molecule has 17 heavy (non-hydrogen) atoms. The molecule has 0 aromatic carbocycles. The molecule has 1 aliphatic rings. The summed E-state index contributed by atoms with van der Waals surface area (Å²) >= 11 is 0. The Hall–Kier alpha value is -1.53. The SMILES string of the molecule is CC(=O)NC1CCc2[nH]nc(C(F)(F)F)c2C1. The second kappa shape index (κ2) is 4.05. The van der Waals surface area contributed by atoms with Gasteiger partial charge < -0.3 is 5.32 Å². The summed E-state index contributed by atoms with van der Waals surface area (Å²) in [6, 6.07) is -0.237. The van der Waals surface area contributed by atoms with Crippen LogP contribution in [0.25, 0.3) is 0 Å². The Labute approximate surface area is 95.6 Å². The maximum atomic E-state index is 12.6. The van der Waals surface area contributed by atoms with Crippen LogP contribution >= 0.6 is 0 Å². The Morgan fingerprint density at radius 1 is 1.53 bits per heavy atom. The lowest BCUT2D eigenvalue weighted by Crippen LogP contribution is -2.37. The number of aromatic nitrogens is 2. The van der Waals surface area contributed by atoms with Gasteiger partial charge in [0, 0.05) is 24.2 Å². The van der Waals surface area contributed by atoms with Crippen molar-refractivity contribution >= 4 is 5.91 Å². The maximum absolute atomic E-state index is 12.6. The third-order valence-corrected chi connectivity index (χ3v) is 2.82. The quantitative estimate of drug-likeness (QED) is 0.788. The fourth-order valence-electron chi connectivity index (χ4n) is 2.14. The second-order valence-electron chi connectivity index (χ2n) is 4.17. The first kappa shape index (κ1) is 11.9. The van der Waals surface area contributed by atoms with Crippen molar-refractivity contribution in [2.75, 3.05) is 0 Å². The molecule has 1 unspecified atom stereocenters. The fourth-order valence-corrected chi connectivity index (χ4v) is 2.14. The highest BCUT2D eigenvalue weighted by atomic mass is 19.4. The zero-order valence-electron chi connectivity index (χ0n) is 9.19. The van der Waals surface area contributed by atoms with E-state index >= 15 is 0 Å². The van der Waals surface area contributed by atoms with Crippen LogP contribution in [0.4, 0.5) is 13.2 Å².